The Kier molecular flexibility index (Phi) is 8.87. The van der Waals surface area contributed by atoms with Crippen molar-refractivity contribution >= 4 is 17.5 Å². The lowest BCUT2D eigenvalue weighted by Crippen LogP contribution is -2.88. The van der Waals surface area contributed by atoms with Gasteiger partial charge in [0, 0.05) is 17.2 Å². The first kappa shape index (κ1) is 22.6. The summed E-state index contributed by atoms with van der Waals surface area (Å²) in [5, 5.41) is 7.64. The summed E-state index contributed by atoms with van der Waals surface area (Å²) in [6.07, 6.45) is 1.86. The second-order valence-electron chi connectivity index (χ2n) is 7.64. The second kappa shape index (κ2) is 11.4. The van der Waals surface area contributed by atoms with Crippen molar-refractivity contribution in [2.45, 2.75) is 46.6 Å². The van der Waals surface area contributed by atoms with Gasteiger partial charge in [-0.2, -0.15) is 0 Å². The first-order chi connectivity index (χ1) is 13.9. The third-order valence-corrected chi connectivity index (χ3v) is 5.17. The molecule has 29 heavy (non-hydrogen) atoms. The molecule has 0 fully saturated rings. The van der Waals surface area contributed by atoms with Gasteiger partial charge in [-0.15, -0.1) is 0 Å². The Morgan fingerprint density at radius 3 is 2.24 bits per heavy atom. The monoisotopic (exact) mass is 396 g/mol. The maximum Gasteiger partial charge on any atom is 0.275 e. The number of nitrogens with one attached hydrogen (secondary N) is 2. The number of hydrogen-bond acceptors (Lipinski definition) is 2. The number of benzene rings is 2. The summed E-state index contributed by atoms with van der Waals surface area (Å²) < 4.78 is 0. The Morgan fingerprint density at radius 2 is 1.62 bits per heavy atom. The Balaban J connectivity index is 1.83. The topological polar surface area (TPSA) is 74.8 Å². The molecule has 0 aliphatic heterocycles. The van der Waals surface area contributed by atoms with Gasteiger partial charge in [0.15, 0.2) is 6.54 Å². The predicted octanol–water partition coefficient (Wildman–Crippen LogP) is 2.83. The van der Waals surface area contributed by atoms with Crippen LogP contribution in [0.15, 0.2) is 48.5 Å². The molecule has 0 radical (unpaired) electrons. The Labute approximate surface area is 174 Å². The molecule has 2 aromatic carbocycles. The average molecular weight is 397 g/mol. The van der Waals surface area contributed by atoms with Crippen molar-refractivity contribution in [3.05, 3.63) is 65.2 Å². The molecule has 0 saturated carbocycles. The van der Waals surface area contributed by atoms with Crippen LogP contribution in [0.2, 0.25) is 0 Å². The van der Waals surface area contributed by atoms with Crippen LogP contribution in [-0.4, -0.2) is 24.9 Å². The molecule has 5 nitrogen and oxygen atoms in total. The number of carbonyl (C=O) groups is 2. The van der Waals surface area contributed by atoms with E-state index >= 15 is 0 Å². The fraction of sp³-hybridized carbons (Fsp3) is 0.417. The number of aryl methyl sites for hydroxylation is 2. The maximum absolute atomic E-state index is 12.3. The zero-order chi connectivity index (χ0) is 21.2. The molecule has 0 aromatic heterocycles. The van der Waals surface area contributed by atoms with Crippen LogP contribution in [0.3, 0.4) is 0 Å². The summed E-state index contributed by atoms with van der Waals surface area (Å²) in [5.74, 6) is 0.0405. The van der Waals surface area contributed by atoms with E-state index in [1.165, 1.54) is 11.1 Å². The quantitative estimate of drug-likeness (QED) is 0.578. The summed E-state index contributed by atoms with van der Waals surface area (Å²) in [6, 6.07) is 16.5. The summed E-state index contributed by atoms with van der Waals surface area (Å²) >= 11 is 0. The first-order valence-electron chi connectivity index (χ1n) is 10.5. The number of para-hydroxylation sites is 1. The van der Waals surface area contributed by atoms with Gasteiger partial charge in [0.05, 0.1) is 6.54 Å². The fourth-order valence-electron chi connectivity index (χ4n) is 3.40. The molecule has 0 heterocycles. The van der Waals surface area contributed by atoms with Crippen molar-refractivity contribution in [3.63, 3.8) is 0 Å². The van der Waals surface area contributed by atoms with Crippen LogP contribution in [0.5, 0.6) is 0 Å². The zero-order valence-corrected chi connectivity index (χ0v) is 18.0. The molecule has 0 aliphatic rings. The molecule has 2 rings (SSSR count). The number of carbonyl (C=O) groups excluding carboxylic acids is 2. The number of rotatable bonds is 10. The molecule has 2 amide bonds. The molecule has 156 valence electrons. The summed E-state index contributed by atoms with van der Waals surface area (Å²) in [5.41, 5.74) is 4.41. The van der Waals surface area contributed by atoms with Gasteiger partial charge >= 0.3 is 0 Å². The fourth-order valence-corrected chi connectivity index (χ4v) is 3.40. The zero-order valence-electron chi connectivity index (χ0n) is 18.0. The van der Waals surface area contributed by atoms with Crippen molar-refractivity contribution in [1.82, 2.24) is 5.32 Å². The van der Waals surface area contributed by atoms with Gasteiger partial charge in [-0.25, -0.2) is 0 Å². The minimum Gasteiger partial charge on any atom is -0.342 e. The number of hydrogen-bond donors (Lipinski definition) is 3. The largest absolute Gasteiger partial charge is 0.342 e. The SMILES string of the molecule is CCc1ccc([C@H]([NH2+]CC(=O)NCC(=O)Nc2ccccc2CC)C(C)C)cc1. The smallest absolute Gasteiger partial charge is 0.275 e. The number of quaternary nitrogens is 1. The highest BCUT2D eigenvalue weighted by atomic mass is 16.2. The standard InChI is InChI=1S/C24H33N3O2/c1-5-18-11-13-20(14-12-18)24(17(3)4)26-15-22(28)25-16-23(29)27-21-10-8-7-9-19(21)6-2/h7-14,17,24,26H,5-6,15-16H2,1-4H3,(H,25,28)(H,27,29)/p+1/t24-/m1/s1. The van der Waals surface area contributed by atoms with Crippen molar-refractivity contribution < 1.29 is 14.9 Å². The average Bonchev–Trinajstić information content (AvgIpc) is 2.73. The van der Waals surface area contributed by atoms with Crippen molar-refractivity contribution in [3.8, 4) is 0 Å². The molecule has 1 atom stereocenters. The van der Waals surface area contributed by atoms with E-state index in [4.69, 9.17) is 0 Å². The van der Waals surface area contributed by atoms with Crippen LogP contribution < -0.4 is 16.0 Å². The Bertz CT molecular complexity index is 800. The minimum atomic E-state index is -0.213. The highest BCUT2D eigenvalue weighted by molar-refractivity contribution is 5.95. The van der Waals surface area contributed by atoms with Crippen LogP contribution in [0.25, 0.3) is 0 Å². The van der Waals surface area contributed by atoms with Crippen molar-refractivity contribution in [2.24, 2.45) is 5.92 Å². The predicted molar refractivity (Wildman–Crippen MR) is 118 cm³/mol. The molecule has 0 bridgehead atoms. The molecule has 0 aliphatic carbocycles. The molecular formula is C24H34N3O2+. The number of anilines is 1. The lowest BCUT2D eigenvalue weighted by molar-refractivity contribution is -0.692. The van der Waals surface area contributed by atoms with E-state index in [0.717, 1.165) is 24.1 Å². The summed E-state index contributed by atoms with van der Waals surface area (Å²) in [6.45, 7) is 8.77. The second-order valence-corrected chi connectivity index (χ2v) is 7.64. The van der Waals surface area contributed by atoms with Gasteiger partial charge in [0.1, 0.15) is 6.04 Å². The van der Waals surface area contributed by atoms with E-state index in [9.17, 15) is 9.59 Å². The number of amides is 2. The van der Waals surface area contributed by atoms with Gasteiger partial charge in [-0.05, 0) is 30.0 Å². The van der Waals surface area contributed by atoms with E-state index in [1.807, 2.05) is 36.5 Å². The van der Waals surface area contributed by atoms with E-state index in [-0.39, 0.29) is 30.9 Å². The van der Waals surface area contributed by atoms with E-state index in [2.05, 4.69) is 55.7 Å². The molecule has 5 heteroatoms. The summed E-state index contributed by atoms with van der Waals surface area (Å²) in [4.78, 5) is 24.4. The molecular weight excluding hydrogens is 362 g/mol. The lowest BCUT2D eigenvalue weighted by Gasteiger charge is -2.20. The molecule has 0 unspecified atom stereocenters. The first-order valence-corrected chi connectivity index (χ1v) is 10.5. The highest BCUT2D eigenvalue weighted by Crippen LogP contribution is 2.18. The Morgan fingerprint density at radius 1 is 0.931 bits per heavy atom. The third-order valence-electron chi connectivity index (χ3n) is 5.17. The molecule has 4 N–H and O–H groups in total. The van der Waals surface area contributed by atoms with Gasteiger partial charge in [-0.1, -0.05) is 70.2 Å². The van der Waals surface area contributed by atoms with Gasteiger partial charge in [0.25, 0.3) is 5.91 Å². The minimum absolute atomic E-state index is 0.0255. The highest BCUT2D eigenvalue weighted by Gasteiger charge is 2.20. The van der Waals surface area contributed by atoms with E-state index in [0.29, 0.717) is 5.92 Å². The Hall–Kier alpha value is -2.66. The van der Waals surface area contributed by atoms with Crippen LogP contribution in [-0.2, 0) is 22.4 Å². The van der Waals surface area contributed by atoms with Gasteiger partial charge in [-0.3, -0.25) is 9.59 Å². The van der Waals surface area contributed by atoms with Crippen LogP contribution in [0.4, 0.5) is 5.69 Å². The molecule has 0 saturated heterocycles. The van der Waals surface area contributed by atoms with Crippen LogP contribution in [0, 0.1) is 5.92 Å². The van der Waals surface area contributed by atoms with Crippen molar-refractivity contribution in [2.75, 3.05) is 18.4 Å². The maximum atomic E-state index is 12.3. The van der Waals surface area contributed by atoms with Crippen LogP contribution in [0.1, 0.15) is 50.4 Å². The molecule has 0 spiro atoms. The lowest BCUT2D eigenvalue weighted by atomic mass is 9.95. The van der Waals surface area contributed by atoms with Gasteiger partial charge < -0.3 is 16.0 Å². The number of nitrogens with two attached hydrogens (primary N) is 1. The van der Waals surface area contributed by atoms with Gasteiger partial charge in [0.2, 0.25) is 5.91 Å². The van der Waals surface area contributed by atoms with E-state index < -0.39 is 0 Å². The molecule has 2 aromatic rings. The third kappa shape index (κ3) is 7.02. The summed E-state index contributed by atoms with van der Waals surface area (Å²) in [7, 11) is 0. The van der Waals surface area contributed by atoms with Crippen LogP contribution >= 0.6 is 0 Å². The normalized spacial score (nSPS) is 11.9. The van der Waals surface area contributed by atoms with E-state index in [1.54, 1.807) is 0 Å². The van der Waals surface area contributed by atoms with Crippen molar-refractivity contribution in [1.29, 1.82) is 0 Å².